The van der Waals surface area contributed by atoms with E-state index in [0.29, 0.717) is 0 Å². The molecular formula is C15H23NO3. The number of hydrogen-bond acceptors (Lipinski definition) is 4. The largest absolute Gasteiger partial charge is 0.355 e. The number of fused-ring (bicyclic) bond motifs is 1. The molecule has 4 nitrogen and oxygen atoms in total. The number of rotatable bonds is 3. The van der Waals surface area contributed by atoms with Crippen LogP contribution in [0, 0.1) is 11.8 Å². The van der Waals surface area contributed by atoms with E-state index in [-0.39, 0.29) is 29.8 Å². The van der Waals surface area contributed by atoms with Crippen LogP contribution in [0.2, 0.25) is 0 Å². The Kier molecular flexibility index (Phi) is 3.76. The highest BCUT2D eigenvalue weighted by atomic mass is 16.7. The first kappa shape index (κ1) is 13.3. The molecule has 3 rings (SSSR count). The Labute approximate surface area is 114 Å². The van der Waals surface area contributed by atoms with Gasteiger partial charge in [-0.05, 0) is 12.8 Å². The number of ether oxygens (including phenoxy) is 2. The minimum Gasteiger partial charge on any atom is -0.355 e. The van der Waals surface area contributed by atoms with Crippen molar-refractivity contribution < 1.29 is 14.7 Å². The second-order valence-corrected chi connectivity index (χ2v) is 5.91. The molecule has 0 spiro atoms. The summed E-state index contributed by atoms with van der Waals surface area (Å²) >= 11 is 0. The Hall–Kier alpha value is -0.680. The monoisotopic (exact) mass is 265 g/mol. The molecule has 3 aliphatic rings. The summed E-state index contributed by atoms with van der Waals surface area (Å²) in [6.07, 6.45) is 13.7. The van der Waals surface area contributed by atoms with Gasteiger partial charge >= 0.3 is 0 Å². The van der Waals surface area contributed by atoms with Crippen molar-refractivity contribution in [2.45, 2.75) is 50.0 Å². The highest BCUT2D eigenvalue weighted by molar-refractivity contribution is 5.21. The van der Waals surface area contributed by atoms with Crippen LogP contribution >= 0.6 is 0 Å². The van der Waals surface area contributed by atoms with E-state index in [4.69, 9.17) is 9.47 Å². The van der Waals surface area contributed by atoms with Gasteiger partial charge in [0.2, 0.25) is 0 Å². The van der Waals surface area contributed by atoms with E-state index in [0.717, 1.165) is 25.7 Å². The van der Waals surface area contributed by atoms with Crippen LogP contribution in [-0.2, 0) is 9.47 Å². The molecule has 4 atom stereocenters. The summed E-state index contributed by atoms with van der Waals surface area (Å²) in [6, 6.07) is 0. The summed E-state index contributed by atoms with van der Waals surface area (Å²) in [6.45, 7) is 0. The molecule has 0 aromatic rings. The number of hydrogen-bond donors (Lipinski definition) is 2. The van der Waals surface area contributed by atoms with Crippen LogP contribution in [-0.4, -0.2) is 30.2 Å². The molecule has 1 aliphatic heterocycles. The van der Waals surface area contributed by atoms with Gasteiger partial charge in [0, 0.05) is 18.9 Å². The quantitative estimate of drug-likeness (QED) is 0.769. The Morgan fingerprint density at radius 2 is 1.84 bits per heavy atom. The number of nitrogens with one attached hydrogen (secondary N) is 1. The molecule has 19 heavy (non-hydrogen) atoms. The fourth-order valence-electron chi connectivity index (χ4n) is 3.90. The maximum atomic E-state index is 9.74. The van der Waals surface area contributed by atoms with Gasteiger partial charge in [0.15, 0.2) is 6.29 Å². The number of allylic oxidation sites excluding steroid dienone is 2. The SMILES string of the molecule is CO[C@@H]1O[C@H](C2(NO)CCCCC2)[C@@H]2C=CC=C[C@H]12. The third-order valence-corrected chi connectivity index (χ3v) is 4.91. The van der Waals surface area contributed by atoms with Crippen LogP contribution in [0.1, 0.15) is 32.1 Å². The lowest BCUT2D eigenvalue weighted by Crippen LogP contribution is -2.56. The van der Waals surface area contributed by atoms with Crippen LogP contribution in [0.3, 0.4) is 0 Å². The first-order chi connectivity index (χ1) is 9.30. The second kappa shape index (κ2) is 5.37. The fraction of sp³-hybridized carbons (Fsp3) is 0.733. The van der Waals surface area contributed by atoms with Crippen molar-refractivity contribution in [2.24, 2.45) is 11.8 Å². The minimum atomic E-state index is -0.316. The van der Waals surface area contributed by atoms with E-state index >= 15 is 0 Å². The summed E-state index contributed by atoms with van der Waals surface area (Å²) in [4.78, 5) is 0. The summed E-state index contributed by atoms with van der Waals surface area (Å²) in [5.41, 5.74) is 2.28. The summed E-state index contributed by atoms with van der Waals surface area (Å²) in [5.74, 6) is 0.542. The van der Waals surface area contributed by atoms with Crippen LogP contribution in [0.25, 0.3) is 0 Å². The second-order valence-electron chi connectivity index (χ2n) is 5.91. The summed E-state index contributed by atoms with van der Waals surface area (Å²) in [5, 5.41) is 9.74. The molecule has 4 heteroatoms. The van der Waals surface area contributed by atoms with Crippen LogP contribution in [0.4, 0.5) is 0 Å². The highest BCUT2D eigenvalue weighted by Gasteiger charge is 2.53. The average molecular weight is 265 g/mol. The van der Waals surface area contributed by atoms with Crippen molar-refractivity contribution in [1.29, 1.82) is 0 Å². The first-order valence-electron chi connectivity index (χ1n) is 7.25. The molecule has 2 fully saturated rings. The van der Waals surface area contributed by atoms with Gasteiger partial charge in [0.1, 0.15) is 0 Å². The predicted molar refractivity (Wildman–Crippen MR) is 71.7 cm³/mol. The molecule has 0 bridgehead atoms. The van der Waals surface area contributed by atoms with Gasteiger partial charge in [-0.2, -0.15) is 5.48 Å². The third-order valence-electron chi connectivity index (χ3n) is 4.91. The van der Waals surface area contributed by atoms with Gasteiger partial charge in [0.25, 0.3) is 0 Å². The molecular weight excluding hydrogens is 242 g/mol. The van der Waals surface area contributed by atoms with Crippen molar-refractivity contribution in [2.75, 3.05) is 7.11 Å². The van der Waals surface area contributed by atoms with E-state index in [9.17, 15) is 5.21 Å². The standard InChI is InChI=1S/C15H23NO3/c1-18-14-12-8-4-3-7-11(12)13(19-14)15(16-17)9-5-2-6-10-15/h3-4,7-8,11-14,16-17H,2,5-6,9-10H2,1H3/t11-,12+,13+,14-/m1/s1. The molecule has 2 N–H and O–H groups in total. The van der Waals surface area contributed by atoms with E-state index in [1.807, 2.05) is 0 Å². The normalized spacial score (nSPS) is 40.3. The van der Waals surface area contributed by atoms with Gasteiger partial charge in [-0.1, -0.05) is 43.6 Å². The van der Waals surface area contributed by atoms with Crippen molar-refractivity contribution >= 4 is 0 Å². The zero-order valence-corrected chi connectivity index (χ0v) is 11.4. The van der Waals surface area contributed by atoms with Crippen molar-refractivity contribution in [3.8, 4) is 0 Å². The maximum Gasteiger partial charge on any atom is 0.164 e. The van der Waals surface area contributed by atoms with Crippen LogP contribution < -0.4 is 5.48 Å². The van der Waals surface area contributed by atoms with Gasteiger partial charge in [-0.3, -0.25) is 0 Å². The van der Waals surface area contributed by atoms with E-state index < -0.39 is 0 Å². The molecule has 0 radical (unpaired) electrons. The average Bonchev–Trinajstić information content (AvgIpc) is 2.87. The van der Waals surface area contributed by atoms with E-state index in [1.165, 1.54) is 6.42 Å². The smallest absolute Gasteiger partial charge is 0.164 e. The molecule has 0 aromatic carbocycles. The minimum absolute atomic E-state index is 0.0195. The summed E-state index contributed by atoms with van der Waals surface area (Å²) in [7, 11) is 1.69. The third kappa shape index (κ3) is 2.17. The van der Waals surface area contributed by atoms with Crippen molar-refractivity contribution in [3.05, 3.63) is 24.3 Å². The molecule has 2 aliphatic carbocycles. The molecule has 1 heterocycles. The fourth-order valence-corrected chi connectivity index (χ4v) is 3.90. The lowest BCUT2D eigenvalue weighted by molar-refractivity contribution is -0.160. The molecule has 0 amide bonds. The lowest BCUT2D eigenvalue weighted by atomic mass is 9.71. The molecule has 0 unspecified atom stereocenters. The van der Waals surface area contributed by atoms with Crippen molar-refractivity contribution in [1.82, 2.24) is 5.48 Å². The predicted octanol–water partition coefficient (Wildman–Crippen LogP) is 2.40. The van der Waals surface area contributed by atoms with E-state index in [1.54, 1.807) is 7.11 Å². The van der Waals surface area contributed by atoms with Crippen LogP contribution in [0.5, 0.6) is 0 Å². The Balaban J connectivity index is 1.87. The van der Waals surface area contributed by atoms with E-state index in [2.05, 4.69) is 29.8 Å². The van der Waals surface area contributed by atoms with Gasteiger partial charge in [-0.25, -0.2) is 0 Å². The Morgan fingerprint density at radius 1 is 1.16 bits per heavy atom. The topological polar surface area (TPSA) is 50.7 Å². The molecule has 1 saturated heterocycles. The van der Waals surface area contributed by atoms with Gasteiger partial charge in [0.05, 0.1) is 11.6 Å². The first-order valence-corrected chi connectivity index (χ1v) is 7.25. The number of methoxy groups -OCH3 is 1. The van der Waals surface area contributed by atoms with Crippen LogP contribution in [0.15, 0.2) is 24.3 Å². The maximum absolute atomic E-state index is 9.74. The number of hydroxylamine groups is 1. The van der Waals surface area contributed by atoms with Gasteiger partial charge in [-0.15, -0.1) is 0 Å². The zero-order chi connectivity index (χ0) is 13.3. The molecule has 106 valence electrons. The molecule has 0 aromatic heterocycles. The molecule has 1 saturated carbocycles. The summed E-state index contributed by atoms with van der Waals surface area (Å²) < 4.78 is 11.6. The zero-order valence-electron chi connectivity index (χ0n) is 11.4. The lowest BCUT2D eigenvalue weighted by Gasteiger charge is -2.42. The Bertz CT molecular complexity index is 374. The van der Waals surface area contributed by atoms with Crippen molar-refractivity contribution in [3.63, 3.8) is 0 Å². The van der Waals surface area contributed by atoms with Gasteiger partial charge < -0.3 is 14.7 Å². The Morgan fingerprint density at radius 3 is 2.47 bits per heavy atom. The highest BCUT2D eigenvalue weighted by Crippen LogP contribution is 2.45.